The van der Waals surface area contributed by atoms with Crippen LogP contribution in [0.4, 0.5) is 0 Å². The standard InChI is InChI=1S/C10H14O3/c1-8(6-13-7-11)9-2-4-10(12)5-3-9/h2,4,7-9H,3,5-6H2,1H3. The van der Waals surface area contributed by atoms with Crippen LogP contribution in [0, 0.1) is 11.8 Å². The third kappa shape index (κ3) is 3.01. The number of rotatable bonds is 4. The van der Waals surface area contributed by atoms with E-state index in [1.54, 1.807) is 6.08 Å². The van der Waals surface area contributed by atoms with Crippen molar-refractivity contribution >= 4 is 12.3 Å². The van der Waals surface area contributed by atoms with Gasteiger partial charge in [0.2, 0.25) is 0 Å². The summed E-state index contributed by atoms with van der Waals surface area (Å²) in [6.45, 7) is 2.93. The van der Waals surface area contributed by atoms with Crippen LogP contribution in [-0.2, 0) is 14.3 Å². The molecule has 0 saturated carbocycles. The Morgan fingerprint density at radius 2 is 2.54 bits per heavy atom. The molecule has 0 spiro atoms. The Morgan fingerprint density at radius 1 is 1.77 bits per heavy atom. The van der Waals surface area contributed by atoms with Crippen molar-refractivity contribution in [2.45, 2.75) is 19.8 Å². The van der Waals surface area contributed by atoms with Crippen LogP contribution in [0.3, 0.4) is 0 Å². The highest BCUT2D eigenvalue weighted by atomic mass is 16.5. The average molecular weight is 182 g/mol. The quantitative estimate of drug-likeness (QED) is 0.616. The van der Waals surface area contributed by atoms with Crippen molar-refractivity contribution in [2.24, 2.45) is 11.8 Å². The van der Waals surface area contributed by atoms with Gasteiger partial charge in [-0.15, -0.1) is 0 Å². The molecule has 3 heteroatoms. The van der Waals surface area contributed by atoms with Gasteiger partial charge in [0.25, 0.3) is 6.47 Å². The Labute approximate surface area is 77.8 Å². The van der Waals surface area contributed by atoms with E-state index in [0.29, 0.717) is 31.3 Å². The summed E-state index contributed by atoms with van der Waals surface area (Å²) in [5.74, 6) is 0.868. The molecule has 0 saturated heterocycles. The van der Waals surface area contributed by atoms with Crippen molar-refractivity contribution < 1.29 is 14.3 Å². The van der Waals surface area contributed by atoms with E-state index < -0.39 is 0 Å². The van der Waals surface area contributed by atoms with Gasteiger partial charge in [-0.25, -0.2) is 0 Å². The van der Waals surface area contributed by atoms with Gasteiger partial charge in [-0.3, -0.25) is 9.59 Å². The van der Waals surface area contributed by atoms with Gasteiger partial charge in [-0.1, -0.05) is 13.0 Å². The molecule has 2 unspecified atom stereocenters. The lowest BCUT2D eigenvalue weighted by Crippen LogP contribution is -2.19. The van der Waals surface area contributed by atoms with E-state index in [1.807, 2.05) is 13.0 Å². The van der Waals surface area contributed by atoms with Gasteiger partial charge >= 0.3 is 0 Å². The average Bonchev–Trinajstić information content (AvgIpc) is 2.15. The highest BCUT2D eigenvalue weighted by Crippen LogP contribution is 2.23. The molecule has 0 aromatic rings. The molecule has 1 rings (SSSR count). The molecule has 0 aromatic carbocycles. The second-order valence-corrected chi connectivity index (χ2v) is 3.43. The molecule has 0 aromatic heterocycles. The molecule has 0 heterocycles. The lowest BCUT2D eigenvalue weighted by atomic mass is 9.86. The lowest BCUT2D eigenvalue weighted by Gasteiger charge is -2.21. The van der Waals surface area contributed by atoms with E-state index in [9.17, 15) is 9.59 Å². The van der Waals surface area contributed by atoms with Gasteiger partial charge in [0.15, 0.2) is 5.78 Å². The Hall–Kier alpha value is -1.12. The molecule has 0 aliphatic heterocycles. The number of ether oxygens (including phenoxy) is 1. The summed E-state index contributed by atoms with van der Waals surface area (Å²) in [5.41, 5.74) is 0. The fourth-order valence-corrected chi connectivity index (χ4v) is 1.51. The molecule has 1 aliphatic carbocycles. The monoisotopic (exact) mass is 182 g/mol. The third-order valence-electron chi connectivity index (χ3n) is 2.41. The normalized spacial score (nSPS) is 24.1. The third-order valence-corrected chi connectivity index (χ3v) is 2.41. The SMILES string of the molecule is CC(COC=O)C1C=CC(=O)CC1. The van der Waals surface area contributed by atoms with Crippen molar-refractivity contribution in [3.63, 3.8) is 0 Å². The van der Waals surface area contributed by atoms with Crippen molar-refractivity contribution in [3.05, 3.63) is 12.2 Å². The summed E-state index contributed by atoms with van der Waals surface area (Å²) >= 11 is 0. The second kappa shape index (κ2) is 4.80. The number of hydrogen-bond acceptors (Lipinski definition) is 3. The van der Waals surface area contributed by atoms with E-state index in [-0.39, 0.29) is 5.78 Å². The van der Waals surface area contributed by atoms with Gasteiger partial charge < -0.3 is 4.74 Å². The number of carbonyl (C=O) groups excluding carboxylic acids is 2. The first kappa shape index (κ1) is 9.96. The van der Waals surface area contributed by atoms with E-state index in [0.717, 1.165) is 6.42 Å². The fourth-order valence-electron chi connectivity index (χ4n) is 1.51. The Balaban J connectivity index is 2.39. The van der Waals surface area contributed by atoms with Gasteiger partial charge in [0.05, 0.1) is 6.61 Å². The van der Waals surface area contributed by atoms with Gasteiger partial charge in [-0.05, 0) is 24.3 Å². The largest absolute Gasteiger partial charge is 0.468 e. The molecule has 0 N–H and O–H groups in total. The van der Waals surface area contributed by atoms with Crippen LogP contribution in [0.5, 0.6) is 0 Å². The summed E-state index contributed by atoms with van der Waals surface area (Å²) < 4.78 is 4.68. The van der Waals surface area contributed by atoms with Crippen LogP contribution in [-0.4, -0.2) is 18.9 Å². The zero-order chi connectivity index (χ0) is 9.68. The first-order valence-electron chi connectivity index (χ1n) is 4.50. The maximum atomic E-state index is 10.9. The Kier molecular flexibility index (Phi) is 3.68. The highest BCUT2D eigenvalue weighted by Gasteiger charge is 2.19. The fraction of sp³-hybridized carbons (Fsp3) is 0.600. The zero-order valence-corrected chi connectivity index (χ0v) is 7.73. The smallest absolute Gasteiger partial charge is 0.293 e. The molecular weight excluding hydrogens is 168 g/mol. The molecule has 72 valence electrons. The maximum absolute atomic E-state index is 10.9. The summed E-state index contributed by atoms with van der Waals surface area (Å²) in [6, 6.07) is 0. The molecule has 1 aliphatic rings. The van der Waals surface area contributed by atoms with Crippen molar-refractivity contribution in [1.29, 1.82) is 0 Å². The maximum Gasteiger partial charge on any atom is 0.293 e. The van der Waals surface area contributed by atoms with Crippen molar-refractivity contribution in [3.8, 4) is 0 Å². The molecule has 0 bridgehead atoms. The number of ketones is 1. The Bertz CT molecular complexity index is 220. The van der Waals surface area contributed by atoms with Crippen LogP contribution in [0.2, 0.25) is 0 Å². The molecular formula is C10H14O3. The molecule has 2 atom stereocenters. The summed E-state index contributed by atoms with van der Waals surface area (Å²) in [6.07, 6.45) is 5.04. The summed E-state index contributed by atoms with van der Waals surface area (Å²) in [5, 5.41) is 0. The minimum absolute atomic E-state index is 0.194. The summed E-state index contributed by atoms with van der Waals surface area (Å²) in [7, 11) is 0. The van der Waals surface area contributed by atoms with Gasteiger partial charge in [0.1, 0.15) is 0 Å². The van der Waals surface area contributed by atoms with Crippen molar-refractivity contribution in [2.75, 3.05) is 6.61 Å². The van der Waals surface area contributed by atoms with Crippen LogP contribution in [0.15, 0.2) is 12.2 Å². The minimum atomic E-state index is 0.194. The first-order chi connectivity index (χ1) is 6.24. The molecule has 0 fully saturated rings. The first-order valence-corrected chi connectivity index (χ1v) is 4.50. The van der Waals surface area contributed by atoms with Gasteiger partial charge in [-0.2, -0.15) is 0 Å². The number of hydrogen-bond donors (Lipinski definition) is 0. The van der Waals surface area contributed by atoms with E-state index in [2.05, 4.69) is 4.74 Å². The molecule has 13 heavy (non-hydrogen) atoms. The van der Waals surface area contributed by atoms with E-state index in [1.165, 1.54) is 0 Å². The van der Waals surface area contributed by atoms with E-state index in [4.69, 9.17) is 0 Å². The predicted molar refractivity (Wildman–Crippen MR) is 48.1 cm³/mol. The number of allylic oxidation sites excluding steroid dienone is 2. The minimum Gasteiger partial charge on any atom is -0.468 e. The number of carbonyl (C=O) groups is 2. The highest BCUT2D eigenvalue weighted by molar-refractivity contribution is 5.90. The van der Waals surface area contributed by atoms with Crippen LogP contribution < -0.4 is 0 Å². The zero-order valence-electron chi connectivity index (χ0n) is 7.73. The molecule has 0 radical (unpaired) electrons. The Morgan fingerprint density at radius 3 is 3.08 bits per heavy atom. The summed E-state index contributed by atoms with van der Waals surface area (Å²) in [4.78, 5) is 20.8. The van der Waals surface area contributed by atoms with Gasteiger partial charge in [0, 0.05) is 6.42 Å². The van der Waals surface area contributed by atoms with Crippen LogP contribution >= 0.6 is 0 Å². The second-order valence-electron chi connectivity index (χ2n) is 3.43. The predicted octanol–water partition coefficient (Wildman–Crippen LogP) is 1.33. The topological polar surface area (TPSA) is 43.4 Å². The molecule has 0 amide bonds. The molecule has 3 nitrogen and oxygen atoms in total. The van der Waals surface area contributed by atoms with Crippen molar-refractivity contribution in [1.82, 2.24) is 0 Å². The van der Waals surface area contributed by atoms with Crippen LogP contribution in [0.25, 0.3) is 0 Å². The van der Waals surface area contributed by atoms with Crippen LogP contribution in [0.1, 0.15) is 19.8 Å². The lowest BCUT2D eigenvalue weighted by molar-refractivity contribution is -0.130. The van der Waals surface area contributed by atoms with E-state index >= 15 is 0 Å².